The van der Waals surface area contributed by atoms with Crippen LogP contribution in [0.1, 0.15) is 28.6 Å². The Hall–Kier alpha value is -3.93. The largest absolute Gasteiger partial charge is 0.488 e. The van der Waals surface area contributed by atoms with Crippen molar-refractivity contribution in [2.45, 2.75) is 13.5 Å². The lowest BCUT2D eigenvalue weighted by Crippen LogP contribution is -2.20. The minimum absolute atomic E-state index is 0.214. The number of carbonyl (C=O) groups is 1. The van der Waals surface area contributed by atoms with Crippen LogP contribution in [0.5, 0.6) is 5.75 Å². The van der Waals surface area contributed by atoms with Crippen molar-refractivity contribution in [3.63, 3.8) is 0 Å². The van der Waals surface area contributed by atoms with E-state index < -0.39 is 5.91 Å². The number of benzene rings is 3. The van der Waals surface area contributed by atoms with E-state index in [0.29, 0.717) is 22.8 Å². The molecule has 1 aromatic heterocycles. The smallest absolute Gasteiger partial charge is 0.275 e. The molecule has 5 nitrogen and oxygen atoms in total. The number of hydrogen-bond acceptors (Lipinski definition) is 4. The lowest BCUT2D eigenvalue weighted by Gasteiger charge is -2.10. The molecule has 150 valence electrons. The third-order valence-electron chi connectivity index (χ3n) is 4.55. The maximum atomic E-state index is 13.0. The molecular formula is C24H19FN2O3. The Kier molecular flexibility index (Phi) is 5.57. The van der Waals surface area contributed by atoms with Crippen molar-refractivity contribution in [3.05, 3.63) is 102 Å². The number of nitrogens with one attached hydrogen (secondary N) is 1. The fourth-order valence-electron chi connectivity index (χ4n) is 2.93. The van der Waals surface area contributed by atoms with Gasteiger partial charge in [0.05, 0.1) is 5.56 Å². The SMILES string of the molecule is C/C(=N/NC(=O)c1ccccc1OCc1ccc(F)cc1)c1cc2ccccc2o1. The maximum Gasteiger partial charge on any atom is 0.275 e. The molecule has 4 aromatic rings. The van der Waals surface area contributed by atoms with E-state index in [-0.39, 0.29) is 12.4 Å². The molecule has 0 fully saturated rings. The standard InChI is InChI=1S/C24H19FN2O3/c1-16(23-14-18-6-2-4-8-21(18)30-23)26-27-24(28)20-7-3-5-9-22(20)29-15-17-10-12-19(25)13-11-17/h2-14H,15H2,1H3,(H,27,28)/b26-16-. The highest BCUT2D eigenvalue weighted by atomic mass is 19.1. The van der Waals surface area contributed by atoms with Crippen LogP contribution in [0.15, 0.2) is 88.4 Å². The minimum Gasteiger partial charge on any atom is -0.488 e. The summed E-state index contributed by atoms with van der Waals surface area (Å²) in [4.78, 5) is 12.7. The van der Waals surface area contributed by atoms with Gasteiger partial charge in [0.15, 0.2) is 5.76 Å². The van der Waals surface area contributed by atoms with Crippen LogP contribution in [0.25, 0.3) is 11.0 Å². The normalized spacial score (nSPS) is 11.5. The molecule has 4 rings (SSSR count). The molecule has 6 heteroatoms. The summed E-state index contributed by atoms with van der Waals surface area (Å²) in [5.74, 6) is 0.282. The van der Waals surface area contributed by atoms with Crippen molar-refractivity contribution in [2.75, 3.05) is 0 Å². The Morgan fingerprint density at radius 1 is 1.03 bits per heavy atom. The number of furan rings is 1. The van der Waals surface area contributed by atoms with Gasteiger partial charge in [-0.05, 0) is 48.9 Å². The highest BCUT2D eigenvalue weighted by Crippen LogP contribution is 2.21. The van der Waals surface area contributed by atoms with Crippen LogP contribution >= 0.6 is 0 Å². The summed E-state index contributed by atoms with van der Waals surface area (Å²) < 4.78 is 24.6. The van der Waals surface area contributed by atoms with E-state index in [4.69, 9.17) is 9.15 Å². The summed E-state index contributed by atoms with van der Waals surface area (Å²) in [5.41, 5.74) is 4.99. The van der Waals surface area contributed by atoms with Crippen molar-refractivity contribution < 1.29 is 18.3 Å². The minimum atomic E-state index is -0.403. The average molecular weight is 402 g/mol. The number of nitrogens with zero attached hydrogens (tertiary/aromatic N) is 1. The van der Waals surface area contributed by atoms with Gasteiger partial charge >= 0.3 is 0 Å². The van der Waals surface area contributed by atoms with E-state index in [0.717, 1.165) is 16.5 Å². The number of amides is 1. The topological polar surface area (TPSA) is 63.8 Å². The molecule has 0 saturated heterocycles. The van der Waals surface area contributed by atoms with Crippen LogP contribution in [0.3, 0.4) is 0 Å². The lowest BCUT2D eigenvalue weighted by molar-refractivity contribution is 0.0950. The first-order valence-corrected chi connectivity index (χ1v) is 9.40. The third kappa shape index (κ3) is 4.38. The Balaban J connectivity index is 1.46. The van der Waals surface area contributed by atoms with Crippen molar-refractivity contribution >= 4 is 22.6 Å². The van der Waals surface area contributed by atoms with Crippen LogP contribution < -0.4 is 10.2 Å². The lowest BCUT2D eigenvalue weighted by atomic mass is 10.2. The quantitative estimate of drug-likeness (QED) is 0.351. The number of halogens is 1. The van der Waals surface area contributed by atoms with Gasteiger partial charge in [0, 0.05) is 5.39 Å². The summed E-state index contributed by atoms with van der Waals surface area (Å²) in [6.45, 7) is 1.97. The fourth-order valence-corrected chi connectivity index (χ4v) is 2.93. The molecule has 3 aromatic carbocycles. The van der Waals surface area contributed by atoms with Crippen LogP contribution in [-0.2, 0) is 6.61 Å². The van der Waals surface area contributed by atoms with Gasteiger partial charge in [-0.1, -0.05) is 42.5 Å². The number of para-hydroxylation sites is 2. The Morgan fingerprint density at radius 2 is 1.77 bits per heavy atom. The second-order valence-corrected chi connectivity index (χ2v) is 6.70. The molecule has 0 aliphatic heterocycles. The molecule has 1 heterocycles. The molecule has 1 N–H and O–H groups in total. The molecule has 0 atom stereocenters. The Labute approximate surface area is 172 Å². The molecular weight excluding hydrogens is 383 g/mol. The zero-order valence-electron chi connectivity index (χ0n) is 16.3. The summed E-state index contributed by atoms with van der Waals surface area (Å²) in [7, 11) is 0. The van der Waals surface area contributed by atoms with E-state index >= 15 is 0 Å². The van der Waals surface area contributed by atoms with Crippen molar-refractivity contribution in [1.29, 1.82) is 0 Å². The molecule has 0 radical (unpaired) electrons. The van der Waals surface area contributed by atoms with Gasteiger partial charge in [-0.25, -0.2) is 9.82 Å². The zero-order chi connectivity index (χ0) is 20.9. The van der Waals surface area contributed by atoms with Gasteiger partial charge < -0.3 is 9.15 Å². The molecule has 30 heavy (non-hydrogen) atoms. The number of carbonyl (C=O) groups excluding carboxylic acids is 1. The number of hydrogen-bond donors (Lipinski definition) is 1. The van der Waals surface area contributed by atoms with Crippen LogP contribution in [-0.4, -0.2) is 11.6 Å². The van der Waals surface area contributed by atoms with Gasteiger partial charge in [-0.2, -0.15) is 5.10 Å². The molecule has 0 aliphatic carbocycles. The first kappa shape index (κ1) is 19.4. The van der Waals surface area contributed by atoms with Gasteiger partial charge in [-0.15, -0.1) is 0 Å². The fraction of sp³-hybridized carbons (Fsp3) is 0.0833. The molecule has 1 amide bonds. The summed E-state index contributed by atoms with van der Waals surface area (Å²) in [5, 5.41) is 5.13. The first-order valence-electron chi connectivity index (χ1n) is 9.40. The molecule has 0 aliphatic rings. The number of rotatable bonds is 6. The summed E-state index contributed by atoms with van der Waals surface area (Å²) in [6, 6.07) is 22.4. The highest BCUT2D eigenvalue weighted by molar-refractivity contribution is 6.02. The predicted octanol–water partition coefficient (Wildman–Crippen LogP) is 5.30. The van der Waals surface area contributed by atoms with Crippen LogP contribution in [0.2, 0.25) is 0 Å². The Morgan fingerprint density at radius 3 is 2.57 bits per heavy atom. The van der Waals surface area contributed by atoms with E-state index in [9.17, 15) is 9.18 Å². The van der Waals surface area contributed by atoms with Gasteiger partial charge in [0.2, 0.25) is 0 Å². The maximum absolute atomic E-state index is 13.0. The third-order valence-corrected chi connectivity index (χ3v) is 4.55. The van der Waals surface area contributed by atoms with E-state index in [2.05, 4.69) is 10.5 Å². The molecule has 0 saturated carbocycles. The zero-order valence-corrected chi connectivity index (χ0v) is 16.3. The van der Waals surface area contributed by atoms with Crippen LogP contribution in [0.4, 0.5) is 4.39 Å². The van der Waals surface area contributed by atoms with E-state index in [1.165, 1.54) is 12.1 Å². The number of hydrazone groups is 1. The monoisotopic (exact) mass is 402 g/mol. The number of fused-ring (bicyclic) bond motifs is 1. The predicted molar refractivity (Wildman–Crippen MR) is 113 cm³/mol. The second-order valence-electron chi connectivity index (χ2n) is 6.70. The highest BCUT2D eigenvalue weighted by Gasteiger charge is 2.13. The van der Waals surface area contributed by atoms with E-state index in [1.54, 1.807) is 43.3 Å². The van der Waals surface area contributed by atoms with Crippen molar-refractivity contribution in [3.8, 4) is 5.75 Å². The van der Waals surface area contributed by atoms with Gasteiger partial charge in [0.25, 0.3) is 5.91 Å². The summed E-state index contributed by atoms with van der Waals surface area (Å²) in [6.07, 6.45) is 0. The van der Waals surface area contributed by atoms with Crippen molar-refractivity contribution in [2.24, 2.45) is 5.10 Å². The molecule has 0 bridgehead atoms. The molecule has 0 spiro atoms. The number of ether oxygens (including phenoxy) is 1. The summed E-state index contributed by atoms with van der Waals surface area (Å²) >= 11 is 0. The van der Waals surface area contributed by atoms with Crippen molar-refractivity contribution in [1.82, 2.24) is 5.43 Å². The Bertz CT molecular complexity index is 1180. The molecule has 0 unspecified atom stereocenters. The van der Waals surface area contributed by atoms with Gasteiger partial charge in [0.1, 0.15) is 29.5 Å². The van der Waals surface area contributed by atoms with E-state index in [1.807, 2.05) is 30.3 Å². The van der Waals surface area contributed by atoms with Crippen LogP contribution in [0, 0.1) is 5.82 Å². The second kappa shape index (κ2) is 8.61. The van der Waals surface area contributed by atoms with Gasteiger partial charge in [-0.3, -0.25) is 4.79 Å². The first-order chi connectivity index (χ1) is 14.6. The average Bonchev–Trinajstić information content (AvgIpc) is 3.21.